The molecule has 0 aliphatic carbocycles. The molecule has 0 atom stereocenters. The first-order valence-electron chi connectivity index (χ1n) is 7.86. The van der Waals surface area contributed by atoms with Gasteiger partial charge in [0.1, 0.15) is 5.75 Å². The molecule has 22 heavy (non-hydrogen) atoms. The van der Waals surface area contributed by atoms with Crippen LogP contribution in [0.1, 0.15) is 12.8 Å². The zero-order chi connectivity index (χ0) is 15.2. The van der Waals surface area contributed by atoms with Crippen LogP contribution < -0.4 is 15.4 Å². The summed E-state index contributed by atoms with van der Waals surface area (Å²) in [5.41, 5.74) is 1.01. The van der Waals surface area contributed by atoms with Gasteiger partial charge in [0.15, 0.2) is 0 Å². The fraction of sp³-hybridized carbons (Fsp3) is 0.471. The van der Waals surface area contributed by atoms with Crippen LogP contribution in [-0.4, -0.2) is 43.5 Å². The van der Waals surface area contributed by atoms with Crippen molar-refractivity contribution in [1.29, 1.82) is 0 Å². The van der Waals surface area contributed by atoms with Gasteiger partial charge in [0.05, 0.1) is 12.6 Å². The summed E-state index contributed by atoms with van der Waals surface area (Å²) in [6, 6.07) is 8.87. The molecule has 2 heterocycles. The van der Waals surface area contributed by atoms with Crippen molar-refractivity contribution in [3.63, 3.8) is 0 Å². The molecule has 3 rings (SSSR count). The molecule has 5 heteroatoms. The minimum Gasteiger partial charge on any atom is -0.497 e. The number of methoxy groups -OCH3 is 1. The van der Waals surface area contributed by atoms with Crippen molar-refractivity contribution in [2.75, 3.05) is 32.5 Å². The number of thioether (sulfide) groups is 1. The third-order valence-electron chi connectivity index (χ3n) is 4.01. The van der Waals surface area contributed by atoms with Gasteiger partial charge in [0.2, 0.25) is 0 Å². The van der Waals surface area contributed by atoms with Crippen molar-refractivity contribution in [2.45, 2.75) is 23.8 Å². The van der Waals surface area contributed by atoms with Crippen LogP contribution in [0.15, 0.2) is 35.4 Å². The lowest BCUT2D eigenvalue weighted by molar-refractivity contribution is 0.395. The number of pyridine rings is 1. The lowest BCUT2D eigenvalue weighted by Crippen LogP contribution is -2.40. The number of ether oxygens (including phenoxy) is 1. The molecule has 1 aliphatic heterocycles. The number of aromatic nitrogens is 1. The molecule has 1 saturated heterocycles. The van der Waals surface area contributed by atoms with Crippen LogP contribution in [0.5, 0.6) is 5.75 Å². The molecule has 0 saturated carbocycles. The van der Waals surface area contributed by atoms with Crippen molar-refractivity contribution in [1.82, 2.24) is 15.6 Å². The molecule has 0 amide bonds. The van der Waals surface area contributed by atoms with Gasteiger partial charge in [0, 0.05) is 34.8 Å². The van der Waals surface area contributed by atoms with Crippen LogP contribution in [0.2, 0.25) is 0 Å². The van der Waals surface area contributed by atoms with E-state index in [1.165, 1.54) is 17.7 Å². The summed E-state index contributed by atoms with van der Waals surface area (Å²) >= 11 is 1.86. The Balaban J connectivity index is 1.52. The summed E-state index contributed by atoms with van der Waals surface area (Å²) in [7, 11) is 1.69. The van der Waals surface area contributed by atoms with Gasteiger partial charge in [-0.05, 0) is 50.2 Å². The first-order valence-corrected chi connectivity index (χ1v) is 8.84. The van der Waals surface area contributed by atoms with Crippen LogP contribution in [-0.2, 0) is 0 Å². The maximum atomic E-state index is 5.28. The molecule has 1 aromatic carbocycles. The first-order chi connectivity index (χ1) is 10.8. The van der Waals surface area contributed by atoms with E-state index < -0.39 is 0 Å². The Labute approximate surface area is 136 Å². The summed E-state index contributed by atoms with van der Waals surface area (Å²) in [4.78, 5) is 5.74. The van der Waals surface area contributed by atoms with Gasteiger partial charge < -0.3 is 15.4 Å². The average molecular weight is 317 g/mol. The Kier molecular flexibility index (Phi) is 5.53. The molecule has 1 aliphatic rings. The van der Waals surface area contributed by atoms with Crippen molar-refractivity contribution >= 4 is 22.7 Å². The van der Waals surface area contributed by atoms with Gasteiger partial charge in [-0.1, -0.05) is 0 Å². The first kappa shape index (κ1) is 15.6. The average Bonchev–Trinajstić information content (AvgIpc) is 2.59. The SMILES string of the molecule is COc1ccc2ncc(SCCNC3CCNCC3)cc2c1. The number of hydrogen-bond donors (Lipinski definition) is 2. The maximum absolute atomic E-state index is 5.28. The van der Waals surface area contributed by atoms with Gasteiger partial charge >= 0.3 is 0 Å². The van der Waals surface area contributed by atoms with Crippen LogP contribution in [0.3, 0.4) is 0 Å². The zero-order valence-corrected chi connectivity index (χ0v) is 13.8. The van der Waals surface area contributed by atoms with E-state index in [9.17, 15) is 0 Å². The summed E-state index contributed by atoms with van der Waals surface area (Å²) in [5.74, 6) is 1.95. The number of hydrogen-bond acceptors (Lipinski definition) is 5. The van der Waals surface area contributed by atoms with Gasteiger partial charge in [-0.25, -0.2) is 0 Å². The van der Waals surface area contributed by atoms with Crippen LogP contribution in [0.25, 0.3) is 10.9 Å². The molecule has 0 spiro atoms. The molecule has 0 bridgehead atoms. The largest absolute Gasteiger partial charge is 0.497 e. The summed E-state index contributed by atoms with van der Waals surface area (Å²) < 4.78 is 5.28. The highest BCUT2D eigenvalue weighted by Gasteiger charge is 2.11. The molecule has 1 aromatic heterocycles. The molecule has 1 fully saturated rings. The quantitative estimate of drug-likeness (QED) is 0.633. The van der Waals surface area contributed by atoms with E-state index >= 15 is 0 Å². The summed E-state index contributed by atoms with van der Waals surface area (Å²) in [6.45, 7) is 3.33. The van der Waals surface area contributed by atoms with E-state index in [2.05, 4.69) is 21.7 Å². The number of fused-ring (bicyclic) bond motifs is 1. The van der Waals surface area contributed by atoms with E-state index in [0.717, 1.165) is 42.0 Å². The summed E-state index contributed by atoms with van der Waals surface area (Å²) in [5, 5.41) is 8.17. The van der Waals surface area contributed by atoms with Crippen LogP contribution in [0, 0.1) is 0 Å². The van der Waals surface area contributed by atoms with E-state index in [1.54, 1.807) is 7.11 Å². The smallest absolute Gasteiger partial charge is 0.119 e. The number of piperidine rings is 1. The minimum absolute atomic E-state index is 0.681. The number of benzene rings is 1. The standard InChI is InChI=1S/C17H23N3OS/c1-21-15-2-3-17-13(10-15)11-16(12-20-17)22-9-8-19-14-4-6-18-7-5-14/h2-3,10-12,14,18-19H,4-9H2,1H3. The topological polar surface area (TPSA) is 46.2 Å². The highest BCUT2D eigenvalue weighted by molar-refractivity contribution is 7.99. The Morgan fingerprint density at radius 3 is 3.00 bits per heavy atom. The van der Waals surface area contributed by atoms with Crippen molar-refractivity contribution < 1.29 is 4.74 Å². The Morgan fingerprint density at radius 1 is 1.32 bits per heavy atom. The Morgan fingerprint density at radius 2 is 2.18 bits per heavy atom. The second kappa shape index (κ2) is 7.81. The van der Waals surface area contributed by atoms with Crippen LogP contribution in [0.4, 0.5) is 0 Å². The molecule has 2 N–H and O–H groups in total. The van der Waals surface area contributed by atoms with Crippen molar-refractivity contribution in [3.8, 4) is 5.75 Å². The number of nitrogens with zero attached hydrogens (tertiary/aromatic N) is 1. The number of rotatable bonds is 6. The predicted octanol–water partition coefficient (Wildman–Crippen LogP) is 2.68. The lowest BCUT2D eigenvalue weighted by atomic mass is 10.1. The fourth-order valence-corrected chi connectivity index (χ4v) is 3.55. The lowest BCUT2D eigenvalue weighted by Gasteiger charge is -2.23. The summed E-state index contributed by atoms with van der Waals surface area (Å²) in [6.07, 6.45) is 4.44. The number of nitrogens with one attached hydrogen (secondary N) is 2. The second-order valence-electron chi connectivity index (χ2n) is 5.56. The molecular weight excluding hydrogens is 294 g/mol. The van der Waals surface area contributed by atoms with Crippen molar-refractivity contribution in [2.24, 2.45) is 0 Å². The van der Waals surface area contributed by atoms with Crippen molar-refractivity contribution in [3.05, 3.63) is 30.5 Å². The van der Waals surface area contributed by atoms with Gasteiger partial charge in [-0.15, -0.1) is 11.8 Å². The van der Waals surface area contributed by atoms with Gasteiger partial charge in [-0.2, -0.15) is 0 Å². The molecule has 4 nitrogen and oxygen atoms in total. The molecule has 2 aromatic rings. The monoisotopic (exact) mass is 317 g/mol. The second-order valence-corrected chi connectivity index (χ2v) is 6.72. The Hall–Kier alpha value is -1.30. The normalized spacial score (nSPS) is 16.0. The van der Waals surface area contributed by atoms with E-state index in [1.807, 2.05) is 36.2 Å². The third-order valence-corrected chi connectivity index (χ3v) is 4.97. The molecule has 0 radical (unpaired) electrons. The third kappa shape index (κ3) is 4.12. The van der Waals surface area contributed by atoms with E-state index in [-0.39, 0.29) is 0 Å². The van der Waals surface area contributed by atoms with Gasteiger partial charge in [0.25, 0.3) is 0 Å². The van der Waals surface area contributed by atoms with Crippen LogP contribution >= 0.6 is 11.8 Å². The van der Waals surface area contributed by atoms with Gasteiger partial charge in [-0.3, -0.25) is 4.98 Å². The fourth-order valence-electron chi connectivity index (χ4n) is 2.75. The molecular formula is C17H23N3OS. The van der Waals surface area contributed by atoms with E-state index in [4.69, 9.17) is 4.74 Å². The molecule has 0 unspecified atom stereocenters. The molecule has 118 valence electrons. The van der Waals surface area contributed by atoms with E-state index in [0.29, 0.717) is 6.04 Å². The zero-order valence-electron chi connectivity index (χ0n) is 13.0. The highest BCUT2D eigenvalue weighted by Crippen LogP contribution is 2.24. The highest BCUT2D eigenvalue weighted by atomic mass is 32.2. The predicted molar refractivity (Wildman–Crippen MR) is 92.9 cm³/mol. The Bertz CT molecular complexity index is 614. The minimum atomic E-state index is 0.681. The maximum Gasteiger partial charge on any atom is 0.119 e.